The Balaban J connectivity index is 1.68. The fraction of sp³-hybridized carbons (Fsp3) is 0.241. The summed E-state index contributed by atoms with van der Waals surface area (Å²) in [5.74, 6) is -1.08. The molecule has 0 spiro atoms. The zero-order valence-corrected chi connectivity index (χ0v) is 23.4. The number of allylic oxidation sites excluding steroid dienone is 1. The van der Waals surface area contributed by atoms with E-state index in [0.717, 1.165) is 33.4 Å². The molecule has 2 aromatic carbocycles. The van der Waals surface area contributed by atoms with E-state index in [1.165, 1.54) is 17.5 Å². The van der Waals surface area contributed by atoms with Crippen molar-refractivity contribution in [2.75, 3.05) is 11.9 Å². The summed E-state index contributed by atoms with van der Waals surface area (Å²) in [6, 6.07) is 16.3. The third-order valence-electron chi connectivity index (χ3n) is 5.48. The average molecular weight is 546 g/mol. The number of carbonyl (C=O) groups is 2. The summed E-state index contributed by atoms with van der Waals surface area (Å²) in [4.78, 5) is 30.6. The molecule has 0 unspecified atom stereocenters. The second kappa shape index (κ2) is 11.2. The van der Waals surface area contributed by atoms with Crippen LogP contribution in [0.5, 0.6) is 0 Å². The van der Waals surface area contributed by atoms with Crippen LogP contribution < -0.4 is 5.32 Å². The van der Waals surface area contributed by atoms with Crippen LogP contribution in [0.15, 0.2) is 54.0 Å². The molecule has 1 N–H and O–H groups in total. The first-order valence-electron chi connectivity index (χ1n) is 12.0. The molecule has 194 valence electrons. The van der Waals surface area contributed by atoms with Gasteiger partial charge in [0, 0.05) is 17.1 Å². The molecule has 0 saturated carbocycles. The van der Waals surface area contributed by atoms with Crippen LogP contribution in [-0.2, 0) is 9.47 Å². The summed E-state index contributed by atoms with van der Waals surface area (Å²) in [5, 5.41) is 18.0. The lowest BCUT2D eigenvalue weighted by molar-refractivity contribution is 0.00745. The molecule has 9 heteroatoms. The Morgan fingerprint density at radius 2 is 1.87 bits per heavy atom. The van der Waals surface area contributed by atoms with E-state index in [4.69, 9.17) is 14.5 Å². The van der Waals surface area contributed by atoms with E-state index in [-0.39, 0.29) is 12.2 Å². The number of benzene rings is 2. The SMILES string of the molecule is CCOC(=O)c1c(N/C=C(\C#N)c2nc(-c3cccc4ccccc34)cs2)sc(C(=O)OC(C)(C)C)c1C. The van der Waals surface area contributed by atoms with Crippen molar-refractivity contribution in [3.05, 3.63) is 75.1 Å². The molecule has 0 amide bonds. The highest BCUT2D eigenvalue weighted by Gasteiger charge is 2.28. The molecule has 38 heavy (non-hydrogen) atoms. The van der Waals surface area contributed by atoms with Crippen molar-refractivity contribution in [1.29, 1.82) is 5.26 Å². The molecule has 0 fully saturated rings. The Morgan fingerprint density at radius 1 is 1.13 bits per heavy atom. The lowest BCUT2D eigenvalue weighted by Gasteiger charge is -2.19. The molecule has 7 nitrogen and oxygen atoms in total. The molecule has 0 atom stereocenters. The van der Waals surface area contributed by atoms with Crippen LogP contribution in [0.2, 0.25) is 0 Å². The predicted octanol–water partition coefficient (Wildman–Crippen LogP) is 7.44. The first-order chi connectivity index (χ1) is 18.1. The Labute approximate surface area is 229 Å². The van der Waals surface area contributed by atoms with Gasteiger partial charge < -0.3 is 14.8 Å². The number of fused-ring (bicyclic) bond motifs is 1. The third kappa shape index (κ3) is 5.77. The topological polar surface area (TPSA) is 101 Å². The van der Waals surface area contributed by atoms with Crippen LogP contribution in [-0.4, -0.2) is 29.1 Å². The minimum atomic E-state index is -0.689. The van der Waals surface area contributed by atoms with Crippen LogP contribution >= 0.6 is 22.7 Å². The molecule has 2 aromatic heterocycles. The molecule has 4 rings (SSSR count). The molecule has 4 aromatic rings. The summed E-state index contributed by atoms with van der Waals surface area (Å²) in [5.41, 5.74) is 2.06. The largest absolute Gasteiger partial charge is 0.462 e. The van der Waals surface area contributed by atoms with Gasteiger partial charge in [-0.1, -0.05) is 42.5 Å². The van der Waals surface area contributed by atoms with Crippen molar-refractivity contribution < 1.29 is 19.1 Å². The quantitative estimate of drug-likeness (QED) is 0.190. The molecule has 0 aliphatic carbocycles. The molecule has 0 aliphatic rings. The summed E-state index contributed by atoms with van der Waals surface area (Å²) in [6.45, 7) is 8.92. The smallest absolute Gasteiger partial charge is 0.349 e. The Morgan fingerprint density at radius 3 is 2.58 bits per heavy atom. The number of aromatic nitrogens is 1. The number of thiazole rings is 1. The maximum atomic E-state index is 12.8. The van der Waals surface area contributed by atoms with Gasteiger partial charge in [0.1, 0.15) is 32.1 Å². The number of nitriles is 1. The van der Waals surface area contributed by atoms with Crippen molar-refractivity contribution in [3.8, 4) is 17.3 Å². The van der Waals surface area contributed by atoms with Gasteiger partial charge in [-0.15, -0.1) is 22.7 Å². The standard InChI is InChI=1S/C29H27N3O4S2/c1-6-35-27(33)23-17(2)24(28(34)36-29(3,4)5)38-26(23)31-15-19(14-30)25-32-22(16-37-25)21-13-9-11-18-10-7-8-12-20(18)21/h7-13,15-16,31H,6H2,1-5H3/b19-15+. The van der Waals surface area contributed by atoms with Gasteiger partial charge in [0.2, 0.25) is 0 Å². The van der Waals surface area contributed by atoms with Gasteiger partial charge in [0.25, 0.3) is 0 Å². The zero-order valence-electron chi connectivity index (χ0n) is 21.7. The van der Waals surface area contributed by atoms with Gasteiger partial charge in [-0.05, 0) is 51.0 Å². The predicted molar refractivity (Wildman–Crippen MR) is 152 cm³/mol. The molecular formula is C29H27N3O4S2. The fourth-order valence-corrected chi connectivity index (χ4v) is 5.66. The molecule has 0 aliphatic heterocycles. The minimum absolute atomic E-state index is 0.185. The second-order valence-electron chi connectivity index (χ2n) is 9.36. The minimum Gasteiger partial charge on any atom is -0.462 e. The van der Waals surface area contributed by atoms with Gasteiger partial charge in [-0.25, -0.2) is 14.6 Å². The van der Waals surface area contributed by atoms with E-state index in [1.807, 2.05) is 47.8 Å². The normalized spacial score (nSPS) is 11.7. The Kier molecular flexibility index (Phi) is 7.95. The number of hydrogen-bond acceptors (Lipinski definition) is 9. The summed E-state index contributed by atoms with van der Waals surface area (Å²) in [6.07, 6.45) is 1.50. The molecule has 0 radical (unpaired) electrons. The monoisotopic (exact) mass is 545 g/mol. The van der Waals surface area contributed by atoms with Crippen molar-refractivity contribution >= 4 is 56.0 Å². The average Bonchev–Trinajstić information content (AvgIpc) is 3.48. The van der Waals surface area contributed by atoms with E-state index in [2.05, 4.69) is 11.4 Å². The molecule has 0 saturated heterocycles. The van der Waals surface area contributed by atoms with E-state index >= 15 is 0 Å². The summed E-state index contributed by atoms with van der Waals surface area (Å²) >= 11 is 2.44. The lowest BCUT2D eigenvalue weighted by atomic mass is 10.0. The van der Waals surface area contributed by atoms with Crippen LogP contribution in [0, 0.1) is 18.3 Å². The van der Waals surface area contributed by atoms with E-state index in [0.29, 0.717) is 26.0 Å². The maximum absolute atomic E-state index is 12.8. The van der Waals surface area contributed by atoms with Gasteiger partial charge in [0.05, 0.1) is 17.9 Å². The highest BCUT2D eigenvalue weighted by atomic mass is 32.1. The van der Waals surface area contributed by atoms with Crippen LogP contribution in [0.25, 0.3) is 27.6 Å². The lowest BCUT2D eigenvalue weighted by Crippen LogP contribution is -2.23. The number of ether oxygens (including phenoxy) is 2. The fourth-order valence-electron chi connectivity index (χ4n) is 3.83. The van der Waals surface area contributed by atoms with Gasteiger partial charge in [0.15, 0.2) is 0 Å². The van der Waals surface area contributed by atoms with Crippen molar-refractivity contribution in [1.82, 2.24) is 4.98 Å². The number of rotatable bonds is 7. The van der Waals surface area contributed by atoms with E-state index in [9.17, 15) is 14.9 Å². The zero-order chi connectivity index (χ0) is 27.4. The number of nitrogens with one attached hydrogen (secondary N) is 1. The summed E-state index contributed by atoms with van der Waals surface area (Å²) in [7, 11) is 0. The first-order valence-corrected chi connectivity index (χ1v) is 13.7. The van der Waals surface area contributed by atoms with Crippen LogP contribution in [0.1, 0.15) is 58.3 Å². The number of nitrogens with zero attached hydrogens (tertiary/aromatic N) is 2. The number of thiophene rings is 1. The molecule has 2 heterocycles. The highest BCUT2D eigenvalue weighted by molar-refractivity contribution is 7.18. The van der Waals surface area contributed by atoms with Crippen molar-refractivity contribution in [2.24, 2.45) is 0 Å². The van der Waals surface area contributed by atoms with E-state index < -0.39 is 17.5 Å². The van der Waals surface area contributed by atoms with Crippen LogP contribution in [0.3, 0.4) is 0 Å². The molecular weight excluding hydrogens is 518 g/mol. The van der Waals surface area contributed by atoms with Crippen LogP contribution in [0.4, 0.5) is 5.00 Å². The number of hydrogen-bond donors (Lipinski definition) is 1. The van der Waals surface area contributed by atoms with Gasteiger partial charge in [-0.3, -0.25) is 0 Å². The first kappa shape index (κ1) is 27.0. The number of anilines is 1. The van der Waals surface area contributed by atoms with Gasteiger partial charge >= 0.3 is 11.9 Å². The van der Waals surface area contributed by atoms with Gasteiger partial charge in [-0.2, -0.15) is 5.26 Å². The molecule has 0 bridgehead atoms. The highest BCUT2D eigenvalue weighted by Crippen LogP contribution is 2.36. The Bertz CT molecular complexity index is 1580. The maximum Gasteiger partial charge on any atom is 0.349 e. The Hall–Kier alpha value is -4.00. The summed E-state index contributed by atoms with van der Waals surface area (Å²) < 4.78 is 10.7. The third-order valence-corrected chi connectivity index (χ3v) is 7.56. The second-order valence-corrected chi connectivity index (χ2v) is 11.2. The van der Waals surface area contributed by atoms with Crippen molar-refractivity contribution in [3.63, 3.8) is 0 Å². The van der Waals surface area contributed by atoms with Crippen molar-refractivity contribution in [2.45, 2.75) is 40.2 Å². The number of esters is 2. The van der Waals surface area contributed by atoms with E-state index in [1.54, 1.807) is 34.6 Å². The number of carbonyl (C=O) groups excluding carboxylic acids is 2.